The number of hydrogen-bond donors (Lipinski definition) is 6. The van der Waals surface area contributed by atoms with Gasteiger partial charge >= 0.3 is 12.2 Å². The third-order valence-electron chi connectivity index (χ3n) is 7.74. The van der Waals surface area contributed by atoms with Crippen molar-refractivity contribution in [2.75, 3.05) is 27.3 Å². The summed E-state index contributed by atoms with van der Waals surface area (Å²) in [5, 5.41) is 28.9. The highest BCUT2D eigenvalue weighted by Gasteiger charge is 2.39. The maximum atomic E-state index is 14.6. The number of rotatable bonds is 16. The number of alkyl carbamates (subject to hydrolysis) is 2. The first-order valence-corrected chi connectivity index (χ1v) is 15.8. The molecule has 0 aliphatic heterocycles. The topological polar surface area (TPSA) is 191 Å². The van der Waals surface area contributed by atoms with Crippen LogP contribution in [0.2, 0.25) is 0 Å². The van der Waals surface area contributed by atoms with Gasteiger partial charge in [-0.3, -0.25) is 20.0 Å². The van der Waals surface area contributed by atoms with Crippen molar-refractivity contribution in [1.29, 1.82) is 0 Å². The Morgan fingerprint density at radius 3 is 2.12 bits per heavy atom. The van der Waals surface area contributed by atoms with E-state index in [1.54, 1.807) is 48.5 Å². The van der Waals surface area contributed by atoms with E-state index in [9.17, 15) is 32.1 Å². The van der Waals surface area contributed by atoms with E-state index in [-0.39, 0.29) is 12.0 Å². The molecule has 3 aromatic rings. The first kappa shape index (κ1) is 25.0. The van der Waals surface area contributed by atoms with Gasteiger partial charge in [0, 0.05) is 45.3 Å². The Hall–Kier alpha value is -5.05. The maximum Gasteiger partial charge on any atom is 0.407 e. The summed E-state index contributed by atoms with van der Waals surface area (Å²) in [4.78, 5) is 58.3. The van der Waals surface area contributed by atoms with E-state index < -0.39 is 106 Å². The molecule has 0 spiro atoms. The fraction of sp³-hybridized carbons (Fsp3) is 0.447. The smallest absolute Gasteiger partial charge is 0.407 e. The molecule has 1 aromatic heterocycles. The summed E-state index contributed by atoms with van der Waals surface area (Å²) in [6, 6.07) is 12.3. The molecule has 14 heteroatoms. The van der Waals surface area contributed by atoms with Crippen LogP contribution in [0.4, 0.5) is 9.59 Å². The van der Waals surface area contributed by atoms with Crippen LogP contribution in [0, 0.1) is 10.8 Å². The monoisotopic (exact) mass is 734 g/mol. The predicted octanol–water partition coefficient (Wildman–Crippen LogP) is 3.18. The molecule has 6 N–H and O–H groups in total. The lowest BCUT2D eigenvalue weighted by Gasteiger charge is -2.36. The Balaban J connectivity index is 2.32. The van der Waals surface area contributed by atoms with Crippen molar-refractivity contribution in [3.8, 4) is 11.3 Å². The highest BCUT2D eigenvalue weighted by molar-refractivity contribution is 5.87. The molecule has 0 aliphatic carbocycles. The number of aliphatic hydroxyl groups excluding tert-OH is 2. The molecule has 52 heavy (non-hydrogen) atoms. The minimum absolute atomic E-state index is 0.127. The van der Waals surface area contributed by atoms with E-state index in [2.05, 4.69) is 25.1 Å². The fourth-order valence-corrected chi connectivity index (χ4v) is 4.84. The van der Waals surface area contributed by atoms with Gasteiger partial charge in [0.2, 0.25) is 5.91 Å². The van der Waals surface area contributed by atoms with Gasteiger partial charge in [0.05, 0.1) is 42.7 Å². The van der Waals surface area contributed by atoms with Crippen molar-refractivity contribution in [2.45, 2.75) is 71.6 Å². The molecular weight excluding hydrogens is 668 g/mol. The van der Waals surface area contributed by atoms with Crippen molar-refractivity contribution in [3.63, 3.8) is 0 Å². The van der Waals surface area contributed by atoms with Crippen LogP contribution in [0.1, 0.15) is 64.7 Å². The lowest BCUT2D eigenvalue weighted by molar-refractivity contribution is -0.132. The number of hydrogen-bond acceptors (Lipinski definition) is 10. The van der Waals surface area contributed by atoms with Crippen LogP contribution >= 0.6 is 0 Å². The lowest BCUT2D eigenvalue weighted by Crippen LogP contribution is -2.61. The summed E-state index contributed by atoms with van der Waals surface area (Å²) < 4.78 is 124. The van der Waals surface area contributed by atoms with Crippen LogP contribution in [-0.2, 0) is 32.0 Å². The van der Waals surface area contributed by atoms with Gasteiger partial charge in [-0.15, -0.1) is 0 Å². The van der Waals surface area contributed by atoms with E-state index in [0.717, 1.165) is 7.11 Å². The van der Waals surface area contributed by atoms with Crippen LogP contribution in [-0.4, -0.2) is 95.7 Å². The summed E-state index contributed by atoms with van der Waals surface area (Å²) >= 11 is 0. The summed E-state index contributed by atoms with van der Waals surface area (Å²) in [5.41, 5.74) is -2.14. The van der Waals surface area contributed by atoms with Crippen LogP contribution in [0.3, 0.4) is 0 Å². The fourth-order valence-electron chi connectivity index (χ4n) is 4.84. The van der Waals surface area contributed by atoms with Gasteiger partial charge in [0.15, 0.2) is 0 Å². The number of nitrogens with zero attached hydrogens (tertiary/aromatic N) is 2. The first-order valence-electron chi connectivity index (χ1n) is 22.8. The first-order chi connectivity index (χ1) is 30.2. The Morgan fingerprint density at radius 2 is 1.52 bits per heavy atom. The van der Waals surface area contributed by atoms with Gasteiger partial charge < -0.3 is 35.6 Å². The minimum Gasteiger partial charge on any atom is -0.453 e. The van der Waals surface area contributed by atoms with Crippen molar-refractivity contribution in [1.82, 2.24) is 31.4 Å². The van der Waals surface area contributed by atoms with E-state index >= 15 is 0 Å². The maximum absolute atomic E-state index is 14.6. The number of methoxy groups -OCH3 is 2. The normalized spacial score (nSPS) is 19.2. The second-order valence-electron chi connectivity index (χ2n) is 12.3. The third kappa shape index (κ3) is 12.3. The number of aliphatic hydroxyl groups is 2. The molecule has 0 radical (unpaired) electrons. The number of carbonyl (C=O) groups is 4. The predicted molar refractivity (Wildman–Crippen MR) is 195 cm³/mol. The zero-order chi connectivity index (χ0) is 50.3. The van der Waals surface area contributed by atoms with Crippen LogP contribution in [0.5, 0.6) is 0 Å². The molecule has 2 aromatic carbocycles. The molecule has 3 rings (SSSR count). The molecule has 4 atom stereocenters. The van der Waals surface area contributed by atoms with Crippen LogP contribution < -0.4 is 21.4 Å². The Bertz CT molecular complexity index is 2070. The molecule has 0 bridgehead atoms. The highest BCUT2D eigenvalue weighted by Crippen LogP contribution is 2.23. The lowest BCUT2D eigenvalue weighted by atomic mass is 9.84. The Kier molecular flexibility index (Phi) is 9.13. The van der Waals surface area contributed by atoms with E-state index in [4.69, 9.17) is 16.4 Å². The van der Waals surface area contributed by atoms with Crippen molar-refractivity contribution in [3.05, 3.63) is 90.1 Å². The molecule has 0 fully saturated rings. The van der Waals surface area contributed by atoms with Gasteiger partial charge in [-0.2, -0.15) is 0 Å². The summed E-state index contributed by atoms with van der Waals surface area (Å²) in [6.45, 7) is -14.7. The summed E-state index contributed by atoms with van der Waals surface area (Å²) in [6.07, 6.45) is -4.60. The van der Waals surface area contributed by atoms with Gasteiger partial charge in [0.25, 0.3) is 5.91 Å². The van der Waals surface area contributed by atoms with Gasteiger partial charge in [-0.1, -0.05) is 95.1 Å². The van der Waals surface area contributed by atoms with E-state index in [0.29, 0.717) is 21.8 Å². The number of carbonyl (C=O) groups excluding carboxylic acids is 4. The number of hydrazine groups is 1. The molecule has 282 valence electrons. The summed E-state index contributed by atoms with van der Waals surface area (Å²) in [5.74, 6) is -3.11. The van der Waals surface area contributed by atoms with Gasteiger partial charge in [-0.25, -0.2) is 14.6 Å². The highest BCUT2D eigenvalue weighted by atomic mass is 16.5. The summed E-state index contributed by atoms with van der Waals surface area (Å²) in [7, 11) is -2.59. The number of pyridine rings is 1. The van der Waals surface area contributed by atoms with Crippen molar-refractivity contribution < 1.29 is 58.1 Å². The van der Waals surface area contributed by atoms with Crippen LogP contribution in [0.15, 0.2) is 79.0 Å². The van der Waals surface area contributed by atoms with Crippen LogP contribution in [0.25, 0.3) is 11.3 Å². The number of aromatic nitrogens is 1. The third-order valence-corrected chi connectivity index (χ3v) is 7.74. The van der Waals surface area contributed by atoms with Crippen molar-refractivity contribution >= 4 is 24.0 Å². The standard InChI is InChI=1S/C38H52N6O8/c1-37(2,3)31(41-35(49)51-6)34(48)43-44(22-26-16-18-27(19-17-26)28-15-11-12-20-39-28)23-30(46)29(21-25-13-9-8-10-14-25)40-33(47)32(38(4,5)24-45)42-36(50)52-7/h8-20,29-32,45-46H,21-24H2,1-7H3,(H,40,47)(H,41,49)(H,42,50)(H,43,48)/t29-,30-,31+,32+/m0/s1/i1D3,2D3,3D3,6D3,23D2. The van der Waals surface area contributed by atoms with Gasteiger partial charge in [0.1, 0.15) is 12.1 Å². The Labute approximate surface area is 324 Å². The second kappa shape index (κ2) is 19.0. The SMILES string of the molecule is [2H]C([2H])([2H])OC(=O)N[C@H](C(=O)NN(Cc1ccc(-c2ccccn2)cc1)C([2H])([2H])[C@H](O)[C@H](Cc1ccccc1)NC(=O)[C@@H](NC(=O)OC)C(C)(C)CO)C(C([2H])([2H])[2H])(C([2H])([2H])[2H])C([2H])([2H])[2H]. The number of amides is 4. The molecule has 4 amide bonds. The van der Waals surface area contributed by atoms with E-state index in [1.807, 2.05) is 5.43 Å². The average Bonchev–Trinajstić information content (AvgIpc) is 3.20. The van der Waals surface area contributed by atoms with Gasteiger partial charge in [-0.05, 0) is 35.1 Å². The average molecular weight is 735 g/mol. The zero-order valence-corrected chi connectivity index (χ0v) is 28.7. The van der Waals surface area contributed by atoms with Crippen molar-refractivity contribution in [2.24, 2.45) is 10.8 Å². The number of benzene rings is 2. The number of nitrogens with one attached hydrogen (secondary N) is 4. The molecular formula is C38H52N6O8. The molecule has 14 nitrogen and oxygen atoms in total. The number of ether oxygens (including phenoxy) is 2. The Morgan fingerprint density at radius 1 is 0.865 bits per heavy atom. The quantitative estimate of drug-likeness (QED) is 0.119. The molecule has 0 saturated heterocycles. The van der Waals surface area contributed by atoms with E-state index in [1.165, 1.54) is 49.6 Å². The second-order valence-corrected chi connectivity index (χ2v) is 12.3. The molecule has 0 unspecified atom stereocenters. The molecule has 0 aliphatic rings. The molecule has 0 saturated carbocycles. The largest absolute Gasteiger partial charge is 0.453 e. The zero-order valence-electron chi connectivity index (χ0n) is 42.7. The molecule has 1 heterocycles. The minimum atomic E-state index is -4.27.